The molecule has 3 rings (SSSR count). The molecule has 1 saturated heterocycles. The Kier molecular flexibility index (Phi) is 8.48. The molecular formula is C27H44O7. The minimum atomic E-state index is -1.46. The molecule has 0 aromatic rings. The van der Waals surface area contributed by atoms with Crippen molar-refractivity contribution < 1.29 is 34.7 Å². The zero-order chi connectivity index (χ0) is 25.4. The molecule has 0 radical (unpaired) electrons. The van der Waals surface area contributed by atoms with Crippen molar-refractivity contribution in [3.63, 3.8) is 0 Å². The van der Waals surface area contributed by atoms with Crippen molar-refractivity contribution in [1.29, 1.82) is 0 Å². The molecule has 4 N–H and O–H groups in total. The van der Waals surface area contributed by atoms with Gasteiger partial charge in [0, 0.05) is 6.42 Å². The lowest BCUT2D eigenvalue weighted by Gasteiger charge is -2.59. The lowest BCUT2D eigenvalue weighted by molar-refractivity contribution is -0.340. The van der Waals surface area contributed by atoms with E-state index in [2.05, 4.69) is 40.3 Å². The zero-order valence-corrected chi connectivity index (χ0v) is 21.4. The number of aliphatic hydroxyl groups excluding tert-OH is 4. The number of carbonyl (C=O) groups excluding carboxylic acids is 1. The van der Waals surface area contributed by atoms with Gasteiger partial charge >= 0.3 is 0 Å². The molecule has 194 valence electrons. The molecule has 0 spiro atoms. The van der Waals surface area contributed by atoms with Crippen molar-refractivity contribution in [1.82, 2.24) is 0 Å². The van der Waals surface area contributed by atoms with E-state index in [0.29, 0.717) is 23.8 Å². The standard InChI is InChI=1S/C27H44O7/c1-15(2)19(29)9-8-17(4)18-11-12-27(6,21-10-7-16(3)13-26(18,21)5)34-25-24(32)23(31)22(30)20(14-28)33-25/h13,17-18,20-25,28,30-32H,1,7-12,14H2,2-6H3. The van der Waals surface area contributed by atoms with Gasteiger partial charge in [0.1, 0.15) is 24.4 Å². The molecule has 10 unspecified atom stereocenters. The van der Waals surface area contributed by atoms with Gasteiger partial charge in [0.25, 0.3) is 0 Å². The highest BCUT2D eigenvalue weighted by Gasteiger charge is 2.57. The Bertz CT molecular complexity index is 792. The average Bonchev–Trinajstić information content (AvgIpc) is 2.77. The predicted octanol–water partition coefficient (Wildman–Crippen LogP) is 2.90. The number of rotatable bonds is 8. The summed E-state index contributed by atoms with van der Waals surface area (Å²) in [5.74, 6) is 0.983. The number of Topliss-reactive ketones (excluding diaryl/α,β-unsaturated/α-hetero) is 1. The van der Waals surface area contributed by atoms with Gasteiger partial charge in [-0.15, -0.1) is 0 Å². The molecule has 0 amide bonds. The van der Waals surface area contributed by atoms with Gasteiger partial charge in [-0.05, 0) is 81.6 Å². The van der Waals surface area contributed by atoms with Crippen LogP contribution in [0, 0.1) is 23.2 Å². The van der Waals surface area contributed by atoms with Gasteiger partial charge in [0.15, 0.2) is 12.1 Å². The van der Waals surface area contributed by atoms with Crippen LogP contribution in [-0.4, -0.2) is 69.1 Å². The Morgan fingerprint density at radius 2 is 1.91 bits per heavy atom. The van der Waals surface area contributed by atoms with E-state index in [0.717, 1.165) is 32.1 Å². The van der Waals surface area contributed by atoms with E-state index < -0.39 is 42.9 Å². The van der Waals surface area contributed by atoms with Gasteiger partial charge in [0.05, 0.1) is 12.2 Å². The van der Waals surface area contributed by atoms with Gasteiger partial charge < -0.3 is 29.9 Å². The average molecular weight is 481 g/mol. The quantitative estimate of drug-likeness (QED) is 0.312. The van der Waals surface area contributed by atoms with Gasteiger partial charge in [0.2, 0.25) is 0 Å². The number of ether oxygens (including phenoxy) is 2. The van der Waals surface area contributed by atoms with Crippen molar-refractivity contribution in [3.05, 3.63) is 23.8 Å². The molecular weight excluding hydrogens is 436 g/mol. The van der Waals surface area contributed by atoms with Crippen LogP contribution in [0.5, 0.6) is 0 Å². The summed E-state index contributed by atoms with van der Waals surface area (Å²) in [7, 11) is 0. The summed E-state index contributed by atoms with van der Waals surface area (Å²) in [4.78, 5) is 12.2. The summed E-state index contributed by atoms with van der Waals surface area (Å²) < 4.78 is 12.2. The molecule has 10 atom stereocenters. The maximum absolute atomic E-state index is 12.2. The fourth-order valence-corrected chi connectivity index (χ4v) is 6.88. The Hall–Kier alpha value is -1.09. The number of allylic oxidation sites excluding steroid dienone is 3. The number of carbonyl (C=O) groups is 1. The number of aliphatic hydroxyl groups is 4. The lowest BCUT2D eigenvalue weighted by Crippen LogP contribution is -2.63. The molecule has 34 heavy (non-hydrogen) atoms. The van der Waals surface area contributed by atoms with Crippen molar-refractivity contribution in [3.8, 4) is 0 Å². The van der Waals surface area contributed by atoms with Crippen LogP contribution in [0.2, 0.25) is 0 Å². The molecule has 1 saturated carbocycles. The highest BCUT2D eigenvalue weighted by Crippen LogP contribution is 2.59. The first-order valence-corrected chi connectivity index (χ1v) is 12.7. The molecule has 1 heterocycles. The van der Waals surface area contributed by atoms with Gasteiger partial charge in [-0.3, -0.25) is 4.79 Å². The van der Waals surface area contributed by atoms with Crippen LogP contribution < -0.4 is 0 Å². The third kappa shape index (κ3) is 5.20. The van der Waals surface area contributed by atoms with Crippen molar-refractivity contribution in [2.45, 2.75) is 109 Å². The molecule has 2 fully saturated rings. The minimum Gasteiger partial charge on any atom is -0.394 e. The largest absolute Gasteiger partial charge is 0.394 e. The monoisotopic (exact) mass is 480 g/mol. The van der Waals surface area contributed by atoms with Crippen LogP contribution in [0.4, 0.5) is 0 Å². The second-order valence-corrected chi connectivity index (χ2v) is 11.4. The molecule has 3 aliphatic rings. The zero-order valence-electron chi connectivity index (χ0n) is 21.4. The predicted molar refractivity (Wildman–Crippen MR) is 129 cm³/mol. The van der Waals surface area contributed by atoms with E-state index in [9.17, 15) is 25.2 Å². The third-order valence-electron chi connectivity index (χ3n) is 8.85. The lowest BCUT2D eigenvalue weighted by atomic mass is 9.50. The van der Waals surface area contributed by atoms with Crippen LogP contribution in [0.15, 0.2) is 23.8 Å². The summed E-state index contributed by atoms with van der Waals surface area (Å²) in [6, 6.07) is 0. The van der Waals surface area contributed by atoms with E-state index in [-0.39, 0.29) is 17.1 Å². The van der Waals surface area contributed by atoms with E-state index in [4.69, 9.17) is 9.47 Å². The van der Waals surface area contributed by atoms with Crippen LogP contribution in [0.1, 0.15) is 73.1 Å². The second kappa shape index (κ2) is 10.5. The summed E-state index contributed by atoms with van der Waals surface area (Å²) in [5.41, 5.74) is 1.18. The Balaban J connectivity index is 1.83. The van der Waals surface area contributed by atoms with Crippen LogP contribution in [0.25, 0.3) is 0 Å². The number of ketones is 1. The molecule has 2 aliphatic carbocycles. The Morgan fingerprint density at radius 1 is 1.24 bits per heavy atom. The van der Waals surface area contributed by atoms with Crippen LogP contribution in [0.3, 0.4) is 0 Å². The number of hydrogen-bond acceptors (Lipinski definition) is 7. The van der Waals surface area contributed by atoms with Gasteiger partial charge in [-0.2, -0.15) is 0 Å². The Labute approximate surface area is 203 Å². The Morgan fingerprint density at radius 3 is 2.53 bits per heavy atom. The van der Waals surface area contributed by atoms with E-state index in [1.54, 1.807) is 6.92 Å². The SMILES string of the molecule is C=C(C)C(=O)CCC(C)C1CCC(C)(OC2OC(CO)C(O)C(O)C2O)C2CCC(C)=CC12C. The maximum atomic E-state index is 12.2. The first-order chi connectivity index (χ1) is 15.8. The molecule has 0 bridgehead atoms. The summed E-state index contributed by atoms with van der Waals surface area (Å²) >= 11 is 0. The fourth-order valence-electron chi connectivity index (χ4n) is 6.88. The molecule has 1 aliphatic heterocycles. The van der Waals surface area contributed by atoms with Gasteiger partial charge in [-0.25, -0.2) is 0 Å². The van der Waals surface area contributed by atoms with Crippen molar-refractivity contribution >= 4 is 5.78 Å². The third-order valence-corrected chi connectivity index (χ3v) is 8.85. The molecule has 7 nitrogen and oxygen atoms in total. The summed E-state index contributed by atoms with van der Waals surface area (Å²) in [6.45, 7) is 13.8. The summed E-state index contributed by atoms with van der Waals surface area (Å²) in [5, 5.41) is 40.5. The first-order valence-electron chi connectivity index (χ1n) is 12.7. The fraction of sp³-hybridized carbons (Fsp3) is 0.815. The van der Waals surface area contributed by atoms with Crippen LogP contribution >= 0.6 is 0 Å². The van der Waals surface area contributed by atoms with E-state index >= 15 is 0 Å². The smallest absolute Gasteiger partial charge is 0.187 e. The molecule has 0 aromatic carbocycles. The highest BCUT2D eigenvalue weighted by atomic mass is 16.7. The topological polar surface area (TPSA) is 116 Å². The van der Waals surface area contributed by atoms with Gasteiger partial charge in [-0.1, -0.05) is 32.1 Å². The van der Waals surface area contributed by atoms with Crippen LogP contribution in [-0.2, 0) is 14.3 Å². The van der Waals surface area contributed by atoms with E-state index in [1.165, 1.54) is 5.57 Å². The summed E-state index contributed by atoms with van der Waals surface area (Å²) in [6.07, 6.45) is 0.843. The normalized spacial score (nSPS) is 43.6. The van der Waals surface area contributed by atoms with Crippen molar-refractivity contribution in [2.24, 2.45) is 23.2 Å². The number of hydrogen-bond donors (Lipinski definition) is 4. The highest BCUT2D eigenvalue weighted by molar-refractivity contribution is 5.94. The van der Waals surface area contributed by atoms with E-state index in [1.807, 2.05) is 0 Å². The molecule has 0 aromatic heterocycles. The second-order valence-electron chi connectivity index (χ2n) is 11.4. The first kappa shape index (κ1) is 27.5. The molecule has 7 heteroatoms. The maximum Gasteiger partial charge on any atom is 0.187 e. The number of fused-ring (bicyclic) bond motifs is 1. The van der Waals surface area contributed by atoms with Crippen molar-refractivity contribution in [2.75, 3.05) is 6.61 Å². The minimum absolute atomic E-state index is 0.121.